The maximum Gasteiger partial charge on any atom is 0.300 e. The molecule has 180 valence electrons. The minimum atomic E-state index is -3.97. The molecule has 1 saturated heterocycles. The average molecular weight is 514 g/mol. The van der Waals surface area contributed by atoms with Crippen molar-refractivity contribution in [3.05, 3.63) is 88.2 Å². The number of aliphatic hydroxyl groups is 1. The number of ether oxygens (including phenoxy) is 1. The largest absolute Gasteiger partial charge is 0.507 e. The number of hydrogen-bond acceptors (Lipinski definition) is 7. The Balaban J connectivity index is 1.97. The molecule has 1 aliphatic rings. The second-order valence-electron chi connectivity index (χ2n) is 7.82. The number of carbonyl (C=O) groups excluding carboxylic acids is 2. The number of Topliss-reactive ketones (excluding diaryl/α,β-unsaturated/α-hetero) is 1. The van der Waals surface area contributed by atoms with Crippen LogP contribution in [-0.2, 0) is 19.6 Å². The van der Waals surface area contributed by atoms with E-state index in [9.17, 15) is 23.1 Å². The first kappa shape index (κ1) is 24.4. The number of pyridine rings is 1. The fraction of sp³-hybridized carbons (Fsp3) is 0.125. The van der Waals surface area contributed by atoms with E-state index in [1.165, 1.54) is 48.7 Å². The third-order valence-corrected chi connectivity index (χ3v) is 6.75. The molecule has 0 radical (unpaired) electrons. The topological polar surface area (TPSA) is 140 Å². The van der Waals surface area contributed by atoms with Crippen molar-refractivity contribution < 1.29 is 27.9 Å². The van der Waals surface area contributed by atoms with Gasteiger partial charge in [-0.15, -0.1) is 0 Å². The third kappa shape index (κ3) is 4.39. The van der Waals surface area contributed by atoms with E-state index in [0.717, 1.165) is 0 Å². The fourth-order valence-corrected chi connectivity index (χ4v) is 4.87. The average Bonchev–Trinajstić information content (AvgIpc) is 3.08. The van der Waals surface area contributed by atoms with Crippen LogP contribution in [0.3, 0.4) is 0 Å². The summed E-state index contributed by atoms with van der Waals surface area (Å²) in [5.74, 6) is -2.18. The van der Waals surface area contributed by atoms with Crippen LogP contribution in [0.25, 0.3) is 5.76 Å². The quantitative estimate of drug-likeness (QED) is 0.303. The summed E-state index contributed by atoms with van der Waals surface area (Å²) in [6.07, 6.45) is 3.00. The van der Waals surface area contributed by atoms with Crippen molar-refractivity contribution in [1.29, 1.82) is 0 Å². The molecule has 3 aromatic rings. The molecule has 1 amide bonds. The van der Waals surface area contributed by atoms with E-state index in [1.807, 2.05) is 0 Å². The van der Waals surface area contributed by atoms with E-state index in [0.29, 0.717) is 11.1 Å². The number of aliphatic hydroxyl groups excluding tert-OH is 1. The lowest BCUT2D eigenvalue weighted by molar-refractivity contribution is -0.132. The lowest BCUT2D eigenvalue weighted by Gasteiger charge is -2.25. The number of primary sulfonamides is 1. The van der Waals surface area contributed by atoms with Crippen LogP contribution in [-0.4, -0.2) is 37.3 Å². The molecule has 0 saturated carbocycles. The van der Waals surface area contributed by atoms with Gasteiger partial charge in [-0.25, -0.2) is 13.6 Å². The maximum absolute atomic E-state index is 13.3. The first-order chi connectivity index (χ1) is 16.5. The van der Waals surface area contributed by atoms with Crippen LogP contribution < -0.4 is 14.8 Å². The minimum absolute atomic E-state index is 0.142. The minimum Gasteiger partial charge on any atom is -0.507 e. The van der Waals surface area contributed by atoms with Crippen molar-refractivity contribution in [1.82, 2.24) is 4.98 Å². The molecule has 3 N–H and O–H groups in total. The molecule has 2 heterocycles. The molecule has 1 aliphatic heterocycles. The monoisotopic (exact) mass is 513 g/mol. The number of nitrogens with zero attached hydrogens (tertiary/aromatic N) is 2. The summed E-state index contributed by atoms with van der Waals surface area (Å²) in [4.78, 5) is 31.6. The van der Waals surface area contributed by atoms with Crippen LogP contribution in [0, 0.1) is 6.92 Å². The highest BCUT2D eigenvalue weighted by Gasteiger charge is 2.47. The molecule has 1 atom stereocenters. The Morgan fingerprint density at radius 1 is 1.17 bits per heavy atom. The molecule has 35 heavy (non-hydrogen) atoms. The van der Waals surface area contributed by atoms with Crippen LogP contribution in [0.4, 0.5) is 5.69 Å². The number of nitrogens with two attached hydrogens (primary N) is 1. The van der Waals surface area contributed by atoms with Gasteiger partial charge in [-0.05, 0) is 60.5 Å². The van der Waals surface area contributed by atoms with Crippen molar-refractivity contribution in [2.75, 3.05) is 12.0 Å². The van der Waals surface area contributed by atoms with Gasteiger partial charge >= 0.3 is 0 Å². The second kappa shape index (κ2) is 9.14. The summed E-state index contributed by atoms with van der Waals surface area (Å²) in [5.41, 5.74) is 1.32. The molecule has 0 spiro atoms. The number of carbonyl (C=O) groups is 2. The van der Waals surface area contributed by atoms with Crippen LogP contribution in [0.1, 0.15) is 22.7 Å². The van der Waals surface area contributed by atoms with Gasteiger partial charge in [-0.1, -0.05) is 17.7 Å². The van der Waals surface area contributed by atoms with Crippen LogP contribution in [0.2, 0.25) is 5.02 Å². The number of amides is 1. The van der Waals surface area contributed by atoms with Gasteiger partial charge in [0, 0.05) is 18.1 Å². The van der Waals surface area contributed by atoms with E-state index in [1.54, 1.807) is 31.2 Å². The number of halogens is 1. The Bertz CT molecular complexity index is 1470. The number of methoxy groups -OCH3 is 1. The molecule has 9 nitrogen and oxygen atoms in total. The summed E-state index contributed by atoms with van der Waals surface area (Å²) in [6.45, 7) is 1.76. The maximum atomic E-state index is 13.3. The number of aryl methyl sites for hydroxylation is 1. The van der Waals surface area contributed by atoms with Crippen LogP contribution in [0.5, 0.6) is 5.75 Å². The Morgan fingerprint density at radius 3 is 2.43 bits per heavy atom. The van der Waals surface area contributed by atoms with Gasteiger partial charge in [0.05, 0.1) is 34.2 Å². The molecule has 1 fully saturated rings. The Kier molecular flexibility index (Phi) is 6.37. The van der Waals surface area contributed by atoms with E-state index in [2.05, 4.69) is 4.98 Å². The SMILES string of the molecule is COc1c(Cl)cc(C)cc1/C(O)=C1\C(=O)C(=O)N(c2ccc(S(N)(=O)=O)cc2)C1c1cccnc1. The van der Waals surface area contributed by atoms with Crippen molar-refractivity contribution in [2.24, 2.45) is 5.14 Å². The highest BCUT2D eigenvalue weighted by atomic mass is 35.5. The predicted molar refractivity (Wildman–Crippen MR) is 130 cm³/mol. The zero-order valence-electron chi connectivity index (χ0n) is 18.6. The summed E-state index contributed by atoms with van der Waals surface area (Å²) in [5, 5.41) is 16.7. The van der Waals surface area contributed by atoms with Crippen LogP contribution >= 0.6 is 11.6 Å². The summed E-state index contributed by atoms with van der Waals surface area (Å²) in [7, 11) is -2.59. The van der Waals surface area contributed by atoms with E-state index in [-0.39, 0.29) is 32.5 Å². The lowest BCUT2D eigenvalue weighted by Crippen LogP contribution is -2.29. The molecule has 1 aromatic heterocycles. The standard InChI is InChI=1S/C24H20ClN3O6S/c1-13-10-17(23(34-2)18(25)11-13)21(29)19-20(14-4-3-9-27-12-14)28(24(31)22(19)30)15-5-7-16(8-6-15)35(26,32)33/h3-12,20,29H,1-2H3,(H2,26,32,33)/b21-19+. The third-order valence-electron chi connectivity index (χ3n) is 5.54. The zero-order chi connectivity index (χ0) is 25.5. The number of rotatable bonds is 5. The Labute approximate surface area is 206 Å². The number of aromatic nitrogens is 1. The summed E-state index contributed by atoms with van der Waals surface area (Å²) < 4.78 is 28.7. The normalized spacial score (nSPS) is 17.6. The lowest BCUT2D eigenvalue weighted by atomic mass is 9.95. The summed E-state index contributed by atoms with van der Waals surface area (Å²) in [6, 6.07) is 10.6. The number of hydrogen-bond donors (Lipinski definition) is 2. The Morgan fingerprint density at radius 2 is 1.86 bits per heavy atom. The Hall–Kier alpha value is -3.73. The molecule has 2 aromatic carbocycles. The van der Waals surface area contributed by atoms with E-state index < -0.39 is 33.5 Å². The molecular weight excluding hydrogens is 494 g/mol. The van der Waals surface area contributed by atoms with Crippen molar-refractivity contribution in [3.8, 4) is 5.75 Å². The molecule has 4 rings (SSSR count). The molecular formula is C24H20ClN3O6S. The first-order valence-corrected chi connectivity index (χ1v) is 12.1. The van der Waals surface area contributed by atoms with Gasteiger partial charge in [0.1, 0.15) is 11.5 Å². The van der Waals surface area contributed by atoms with E-state index >= 15 is 0 Å². The highest BCUT2D eigenvalue weighted by molar-refractivity contribution is 7.89. The number of ketones is 1. The van der Waals surface area contributed by atoms with Crippen molar-refractivity contribution in [2.45, 2.75) is 17.9 Å². The number of benzene rings is 2. The molecule has 1 unspecified atom stereocenters. The smallest absolute Gasteiger partial charge is 0.300 e. The predicted octanol–water partition coefficient (Wildman–Crippen LogP) is 3.33. The van der Waals surface area contributed by atoms with E-state index in [4.69, 9.17) is 21.5 Å². The van der Waals surface area contributed by atoms with Crippen LogP contribution in [0.15, 0.2) is 71.4 Å². The van der Waals surface area contributed by atoms with Gasteiger partial charge in [-0.2, -0.15) is 0 Å². The molecule has 0 bridgehead atoms. The summed E-state index contributed by atoms with van der Waals surface area (Å²) >= 11 is 6.29. The first-order valence-electron chi connectivity index (χ1n) is 10.2. The van der Waals surface area contributed by atoms with Crippen molar-refractivity contribution in [3.63, 3.8) is 0 Å². The zero-order valence-corrected chi connectivity index (χ0v) is 20.2. The van der Waals surface area contributed by atoms with Crippen molar-refractivity contribution >= 4 is 44.8 Å². The fourth-order valence-electron chi connectivity index (χ4n) is 4.01. The molecule has 0 aliphatic carbocycles. The number of anilines is 1. The van der Waals surface area contributed by atoms with Gasteiger partial charge in [0.2, 0.25) is 10.0 Å². The van der Waals surface area contributed by atoms with Gasteiger partial charge in [-0.3, -0.25) is 19.5 Å². The van der Waals surface area contributed by atoms with Gasteiger partial charge in [0.15, 0.2) is 0 Å². The second-order valence-corrected chi connectivity index (χ2v) is 9.79. The highest BCUT2D eigenvalue weighted by Crippen LogP contribution is 2.44. The van der Waals surface area contributed by atoms with Gasteiger partial charge in [0.25, 0.3) is 11.7 Å². The van der Waals surface area contributed by atoms with Gasteiger partial charge < -0.3 is 9.84 Å². The molecule has 11 heteroatoms. The number of sulfonamides is 1.